The molecule has 1 atom stereocenters. The quantitative estimate of drug-likeness (QED) is 0.852. The van der Waals surface area contributed by atoms with E-state index < -0.39 is 0 Å². The summed E-state index contributed by atoms with van der Waals surface area (Å²) in [6.07, 6.45) is 8.60. The van der Waals surface area contributed by atoms with Crippen molar-refractivity contribution in [1.82, 2.24) is 15.0 Å². The number of hydrogen-bond donors (Lipinski definition) is 2. The van der Waals surface area contributed by atoms with E-state index in [9.17, 15) is 0 Å². The number of nitrogens with zero attached hydrogens (tertiary/aromatic N) is 2. The minimum absolute atomic E-state index is 0.445. The second-order valence-corrected chi connectivity index (χ2v) is 6.06. The largest absolute Gasteiger partial charge is 0.367 e. The van der Waals surface area contributed by atoms with E-state index in [4.69, 9.17) is 0 Å². The Morgan fingerprint density at radius 3 is 3.11 bits per heavy atom. The lowest BCUT2D eigenvalue weighted by Crippen LogP contribution is -2.32. The van der Waals surface area contributed by atoms with E-state index in [-0.39, 0.29) is 0 Å². The summed E-state index contributed by atoms with van der Waals surface area (Å²) in [5.41, 5.74) is 1.35. The summed E-state index contributed by atoms with van der Waals surface area (Å²) in [5.74, 6) is 0.962. The lowest BCUT2D eigenvalue weighted by molar-refractivity contribution is 0.229. The highest BCUT2D eigenvalue weighted by Gasteiger charge is 2.28. The van der Waals surface area contributed by atoms with Crippen molar-refractivity contribution in [2.45, 2.75) is 45.6 Å². The molecule has 1 aliphatic rings. The van der Waals surface area contributed by atoms with Crippen LogP contribution in [0.15, 0.2) is 18.6 Å². The molecule has 4 nitrogen and oxygen atoms in total. The molecule has 0 radical (unpaired) electrons. The molecule has 0 aliphatic heterocycles. The van der Waals surface area contributed by atoms with Gasteiger partial charge in [0.2, 0.25) is 0 Å². The third kappa shape index (κ3) is 2.19. The molecule has 1 unspecified atom stereocenters. The number of nitrogens with one attached hydrogen (secondary N) is 2. The fourth-order valence-corrected chi connectivity index (χ4v) is 3.00. The molecule has 0 aromatic carbocycles. The average Bonchev–Trinajstić information content (AvgIpc) is 2.77. The van der Waals surface area contributed by atoms with Crippen LogP contribution < -0.4 is 5.32 Å². The molecular formula is C14H20N4. The summed E-state index contributed by atoms with van der Waals surface area (Å²) < 4.78 is 0. The molecular weight excluding hydrogens is 224 g/mol. The van der Waals surface area contributed by atoms with Crippen LogP contribution in [0.1, 0.15) is 39.5 Å². The van der Waals surface area contributed by atoms with Gasteiger partial charge in [-0.1, -0.05) is 20.3 Å². The van der Waals surface area contributed by atoms with Gasteiger partial charge in [-0.3, -0.25) is 0 Å². The molecule has 1 fully saturated rings. The van der Waals surface area contributed by atoms with E-state index in [2.05, 4.69) is 34.1 Å². The van der Waals surface area contributed by atoms with Crippen LogP contribution in [0, 0.1) is 5.41 Å². The fraction of sp³-hybridized carbons (Fsp3) is 0.571. The topological polar surface area (TPSA) is 53.6 Å². The molecule has 2 N–H and O–H groups in total. The summed E-state index contributed by atoms with van der Waals surface area (Å²) in [6, 6.07) is 2.56. The Hall–Kier alpha value is -1.58. The second-order valence-electron chi connectivity index (χ2n) is 6.06. The molecule has 18 heavy (non-hydrogen) atoms. The zero-order chi connectivity index (χ0) is 12.6. The first-order chi connectivity index (χ1) is 8.64. The highest BCUT2D eigenvalue weighted by atomic mass is 15.1. The molecule has 96 valence electrons. The Balaban J connectivity index is 1.82. The Morgan fingerprint density at radius 1 is 1.39 bits per heavy atom. The SMILES string of the molecule is CC1(C)CCCC(Nc2ncnc3[nH]ccc23)C1. The van der Waals surface area contributed by atoms with Crippen molar-refractivity contribution in [3.8, 4) is 0 Å². The fourth-order valence-electron chi connectivity index (χ4n) is 3.00. The van der Waals surface area contributed by atoms with Gasteiger partial charge in [0.05, 0.1) is 5.39 Å². The van der Waals surface area contributed by atoms with Crippen molar-refractivity contribution in [1.29, 1.82) is 0 Å². The molecule has 1 aliphatic carbocycles. The second kappa shape index (κ2) is 4.26. The lowest BCUT2D eigenvalue weighted by atomic mass is 9.75. The van der Waals surface area contributed by atoms with Crippen molar-refractivity contribution in [2.24, 2.45) is 5.41 Å². The van der Waals surface area contributed by atoms with Crippen LogP contribution in [0.2, 0.25) is 0 Å². The van der Waals surface area contributed by atoms with Crippen molar-refractivity contribution < 1.29 is 0 Å². The van der Waals surface area contributed by atoms with Gasteiger partial charge in [-0.2, -0.15) is 0 Å². The van der Waals surface area contributed by atoms with Gasteiger partial charge in [-0.25, -0.2) is 9.97 Å². The molecule has 2 aromatic heterocycles. The number of rotatable bonds is 2. The Labute approximate surface area is 107 Å². The van der Waals surface area contributed by atoms with Gasteiger partial charge in [-0.05, 0) is 30.7 Å². The van der Waals surface area contributed by atoms with Gasteiger partial charge in [0, 0.05) is 12.2 Å². The van der Waals surface area contributed by atoms with Crippen LogP contribution >= 0.6 is 0 Å². The molecule has 2 heterocycles. The molecule has 1 saturated carbocycles. The summed E-state index contributed by atoms with van der Waals surface area (Å²) in [5, 5.41) is 4.68. The van der Waals surface area contributed by atoms with Crippen LogP contribution in [0.3, 0.4) is 0 Å². The van der Waals surface area contributed by atoms with Gasteiger partial charge in [0.15, 0.2) is 0 Å². The third-order valence-corrected chi connectivity index (χ3v) is 3.90. The predicted octanol–water partition coefficient (Wildman–Crippen LogP) is 3.34. The first-order valence-corrected chi connectivity index (χ1v) is 6.69. The number of hydrogen-bond acceptors (Lipinski definition) is 3. The normalized spacial score (nSPS) is 23.1. The molecule has 0 saturated heterocycles. The van der Waals surface area contributed by atoms with Crippen molar-refractivity contribution in [3.63, 3.8) is 0 Å². The van der Waals surface area contributed by atoms with Crippen LogP contribution in [-0.2, 0) is 0 Å². The van der Waals surface area contributed by atoms with Gasteiger partial charge in [0.1, 0.15) is 17.8 Å². The maximum Gasteiger partial charge on any atom is 0.142 e. The van der Waals surface area contributed by atoms with E-state index in [1.54, 1.807) is 6.33 Å². The molecule has 2 aromatic rings. The Bertz CT molecular complexity index is 543. The van der Waals surface area contributed by atoms with E-state index in [1.165, 1.54) is 25.7 Å². The first kappa shape index (κ1) is 11.5. The highest BCUT2D eigenvalue weighted by Crippen LogP contribution is 2.36. The maximum atomic E-state index is 4.38. The lowest BCUT2D eigenvalue weighted by Gasteiger charge is -2.35. The van der Waals surface area contributed by atoms with E-state index in [0.29, 0.717) is 11.5 Å². The highest BCUT2D eigenvalue weighted by molar-refractivity contribution is 5.86. The number of aromatic nitrogens is 3. The number of H-pyrrole nitrogens is 1. The van der Waals surface area contributed by atoms with Crippen molar-refractivity contribution in [2.75, 3.05) is 5.32 Å². The minimum Gasteiger partial charge on any atom is -0.367 e. The van der Waals surface area contributed by atoms with Crippen molar-refractivity contribution >= 4 is 16.9 Å². The summed E-state index contributed by atoms with van der Waals surface area (Å²) in [6.45, 7) is 4.71. The standard InChI is InChI=1S/C14H20N4/c1-14(2)6-3-4-10(8-14)18-13-11-5-7-15-12(11)16-9-17-13/h5,7,9-10H,3-4,6,8H2,1-2H3,(H2,15,16,17,18). The molecule has 0 bridgehead atoms. The van der Waals surface area contributed by atoms with Crippen LogP contribution in [-0.4, -0.2) is 21.0 Å². The Morgan fingerprint density at radius 2 is 2.28 bits per heavy atom. The monoisotopic (exact) mass is 244 g/mol. The summed E-state index contributed by atoms with van der Waals surface area (Å²) >= 11 is 0. The summed E-state index contributed by atoms with van der Waals surface area (Å²) in [4.78, 5) is 11.7. The number of aromatic amines is 1. The smallest absolute Gasteiger partial charge is 0.142 e. The molecule has 3 rings (SSSR count). The molecule has 0 spiro atoms. The van der Waals surface area contributed by atoms with E-state index >= 15 is 0 Å². The Kier molecular flexibility index (Phi) is 2.73. The van der Waals surface area contributed by atoms with Gasteiger partial charge in [0.25, 0.3) is 0 Å². The summed E-state index contributed by atoms with van der Waals surface area (Å²) in [7, 11) is 0. The van der Waals surface area contributed by atoms with Gasteiger partial charge in [-0.15, -0.1) is 0 Å². The number of anilines is 1. The van der Waals surface area contributed by atoms with Gasteiger partial charge < -0.3 is 10.3 Å². The minimum atomic E-state index is 0.445. The third-order valence-electron chi connectivity index (χ3n) is 3.90. The number of fused-ring (bicyclic) bond motifs is 1. The average molecular weight is 244 g/mol. The molecule has 0 amide bonds. The first-order valence-electron chi connectivity index (χ1n) is 6.69. The van der Waals surface area contributed by atoms with E-state index in [0.717, 1.165) is 16.9 Å². The maximum absolute atomic E-state index is 4.38. The van der Waals surface area contributed by atoms with Gasteiger partial charge >= 0.3 is 0 Å². The zero-order valence-corrected chi connectivity index (χ0v) is 11.0. The predicted molar refractivity (Wildman–Crippen MR) is 73.5 cm³/mol. The van der Waals surface area contributed by atoms with Crippen molar-refractivity contribution in [3.05, 3.63) is 18.6 Å². The molecule has 4 heteroatoms. The van der Waals surface area contributed by atoms with E-state index in [1.807, 2.05) is 12.3 Å². The van der Waals surface area contributed by atoms with Crippen LogP contribution in [0.25, 0.3) is 11.0 Å². The van der Waals surface area contributed by atoms with Crippen LogP contribution in [0.4, 0.5) is 5.82 Å². The zero-order valence-electron chi connectivity index (χ0n) is 11.0. The van der Waals surface area contributed by atoms with Crippen LogP contribution in [0.5, 0.6) is 0 Å².